The number of methoxy groups -OCH3 is 1. The van der Waals surface area contributed by atoms with Gasteiger partial charge in [0, 0.05) is 18.0 Å². The van der Waals surface area contributed by atoms with Gasteiger partial charge in [-0.15, -0.1) is 0 Å². The Bertz CT molecular complexity index is 922. The van der Waals surface area contributed by atoms with E-state index in [-0.39, 0.29) is 10.6 Å². The Hall–Kier alpha value is -2.74. The molecule has 0 fully saturated rings. The summed E-state index contributed by atoms with van der Waals surface area (Å²) >= 11 is 0. The Morgan fingerprint density at radius 2 is 1.72 bits per heavy atom. The van der Waals surface area contributed by atoms with Crippen molar-refractivity contribution in [3.8, 4) is 0 Å². The number of benzene rings is 2. The minimum atomic E-state index is -4.16. The van der Waals surface area contributed by atoms with Gasteiger partial charge in [0.1, 0.15) is 0 Å². The zero-order valence-electron chi connectivity index (χ0n) is 13.4. The first-order chi connectivity index (χ1) is 11.8. The van der Waals surface area contributed by atoms with Gasteiger partial charge in [-0.05, 0) is 31.2 Å². The number of carbonyl (C=O) groups is 1. The summed E-state index contributed by atoms with van der Waals surface area (Å²) in [6.45, 7) is 1.79. The molecule has 0 saturated carbocycles. The molecule has 0 radical (unpaired) electrons. The molecule has 2 aromatic carbocycles. The summed E-state index contributed by atoms with van der Waals surface area (Å²) < 4.78 is 56.0. The third-order valence-electron chi connectivity index (χ3n) is 3.30. The van der Waals surface area contributed by atoms with Crippen molar-refractivity contribution in [2.24, 2.45) is 0 Å². The first kappa shape index (κ1) is 18.6. The highest BCUT2D eigenvalue weighted by atomic mass is 32.2. The van der Waals surface area contributed by atoms with Gasteiger partial charge in [-0.3, -0.25) is 0 Å². The fraction of sp³-hybridized carbons (Fsp3) is 0.118. The Morgan fingerprint density at radius 1 is 1.08 bits per heavy atom. The molecule has 2 rings (SSSR count). The second-order valence-corrected chi connectivity index (χ2v) is 7.01. The summed E-state index contributed by atoms with van der Waals surface area (Å²) in [6, 6.07) is 8.80. The number of halogens is 2. The van der Waals surface area contributed by atoms with E-state index in [1.165, 1.54) is 18.2 Å². The topological polar surface area (TPSA) is 72.5 Å². The lowest BCUT2D eigenvalue weighted by Gasteiger charge is -2.09. The van der Waals surface area contributed by atoms with Crippen molar-refractivity contribution in [3.05, 3.63) is 70.8 Å². The number of ether oxygens (including phenoxy) is 1. The quantitative estimate of drug-likeness (QED) is 0.649. The monoisotopic (exact) mass is 367 g/mol. The molecule has 0 amide bonds. The van der Waals surface area contributed by atoms with Crippen LogP contribution in [-0.4, -0.2) is 21.5 Å². The Kier molecular flexibility index (Phi) is 5.53. The van der Waals surface area contributed by atoms with Crippen molar-refractivity contribution < 1.29 is 26.7 Å². The molecule has 8 heteroatoms. The molecular weight excluding hydrogens is 352 g/mol. The molecule has 25 heavy (non-hydrogen) atoms. The van der Waals surface area contributed by atoms with E-state index < -0.39 is 32.3 Å². The highest BCUT2D eigenvalue weighted by molar-refractivity contribution is 7.96. The molecule has 0 aliphatic carbocycles. The second kappa shape index (κ2) is 7.43. The standard InChI is InChI=1S/C17H15F2NO4S/c1-11-3-6-13(7-4-11)25(22,23)16(17(21)24-2)10-20-12-5-8-14(18)15(19)9-12/h3-10,20H,1-2H3/b16-10+. The zero-order chi connectivity index (χ0) is 18.6. The van der Waals surface area contributed by atoms with Crippen LogP contribution in [0.15, 0.2) is 58.5 Å². The number of anilines is 1. The van der Waals surface area contributed by atoms with Crippen LogP contribution in [0.2, 0.25) is 0 Å². The summed E-state index contributed by atoms with van der Waals surface area (Å²) in [7, 11) is -3.12. The van der Waals surface area contributed by atoms with Crippen molar-refractivity contribution in [1.29, 1.82) is 0 Å². The van der Waals surface area contributed by atoms with Gasteiger partial charge in [0.2, 0.25) is 9.84 Å². The van der Waals surface area contributed by atoms with E-state index in [1.54, 1.807) is 19.1 Å². The van der Waals surface area contributed by atoms with E-state index in [0.29, 0.717) is 0 Å². The minimum Gasteiger partial charge on any atom is -0.465 e. The number of aryl methyl sites for hydroxylation is 1. The SMILES string of the molecule is COC(=O)/C(=C\Nc1ccc(F)c(F)c1)S(=O)(=O)c1ccc(C)cc1. The Labute approximate surface area is 143 Å². The van der Waals surface area contributed by atoms with Gasteiger partial charge in [-0.2, -0.15) is 0 Å². The van der Waals surface area contributed by atoms with Crippen molar-refractivity contribution in [1.82, 2.24) is 0 Å². The van der Waals surface area contributed by atoms with Gasteiger partial charge in [-0.1, -0.05) is 17.7 Å². The van der Waals surface area contributed by atoms with E-state index >= 15 is 0 Å². The molecule has 132 valence electrons. The molecule has 0 saturated heterocycles. The average molecular weight is 367 g/mol. The summed E-state index contributed by atoms with van der Waals surface area (Å²) in [4.78, 5) is 11.1. The molecule has 1 N–H and O–H groups in total. The number of esters is 1. The van der Waals surface area contributed by atoms with E-state index in [9.17, 15) is 22.0 Å². The number of sulfone groups is 1. The molecule has 0 aliphatic rings. The lowest BCUT2D eigenvalue weighted by atomic mass is 10.2. The van der Waals surface area contributed by atoms with Crippen molar-refractivity contribution in [2.75, 3.05) is 12.4 Å². The molecule has 0 unspecified atom stereocenters. The third-order valence-corrected chi connectivity index (χ3v) is 5.05. The summed E-state index contributed by atoms with van der Waals surface area (Å²) in [5.74, 6) is -3.25. The number of nitrogens with one attached hydrogen (secondary N) is 1. The maximum atomic E-state index is 13.2. The van der Waals surface area contributed by atoms with E-state index in [2.05, 4.69) is 10.1 Å². The molecule has 0 aromatic heterocycles. The van der Waals surface area contributed by atoms with Gasteiger partial charge < -0.3 is 10.1 Å². The molecule has 0 atom stereocenters. The molecule has 0 aliphatic heterocycles. The van der Waals surface area contributed by atoms with Crippen molar-refractivity contribution in [3.63, 3.8) is 0 Å². The van der Waals surface area contributed by atoms with Crippen LogP contribution in [0.25, 0.3) is 0 Å². The number of carbonyl (C=O) groups excluding carboxylic acids is 1. The van der Waals surface area contributed by atoms with Gasteiger partial charge in [-0.25, -0.2) is 22.0 Å². The summed E-state index contributed by atoms with van der Waals surface area (Å²) in [5, 5.41) is 2.47. The molecule has 5 nitrogen and oxygen atoms in total. The Balaban J connectivity index is 2.42. The maximum absolute atomic E-state index is 13.2. The number of rotatable bonds is 5. The Morgan fingerprint density at radius 3 is 2.28 bits per heavy atom. The van der Waals surface area contributed by atoms with Crippen LogP contribution >= 0.6 is 0 Å². The fourth-order valence-corrected chi connectivity index (χ4v) is 3.19. The lowest BCUT2D eigenvalue weighted by Crippen LogP contribution is -2.17. The maximum Gasteiger partial charge on any atom is 0.351 e. The molecule has 0 bridgehead atoms. The van der Waals surface area contributed by atoms with Gasteiger partial charge in [0.25, 0.3) is 0 Å². The van der Waals surface area contributed by atoms with E-state index in [0.717, 1.165) is 31.0 Å². The average Bonchev–Trinajstić information content (AvgIpc) is 2.58. The predicted octanol–water partition coefficient (Wildman–Crippen LogP) is 3.17. The van der Waals surface area contributed by atoms with Crippen LogP contribution in [0.4, 0.5) is 14.5 Å². The molecule has 0 heterocycles. The third kappa shape index (κ3) is 4.21. The van der Waals surface area contributed by atoms with Gasteiger partial charge in [0.15, 0.2) is 16.5 Å². The second-order valence-electron chi connectivity index (χ2n) is 5.09. The number of hydrogen-bond acceptors (Lipinski definition) is 5. The molecular formula is C17H15F2NO4S. The molecule has 0 spiro atoms. The van der Waals surface area contributed by atoms with Crippen LogP contribution in [0, 0.1) is 18.6 Å². The lowest BCUT2D eigenvalue weighted by molar-refractivity contribution is -0.135. The highest BCUT2D eigenvalue weighted by Gasteiger charge is 2.28. The van der Waals surface area contributed by atoms with Crippen LogP contribution in [-0.2, 0) is 19.4 Å². The van der Waals surface area contributed by atoms with Crippen LogP contribution in [0.5, 0.6) is 0 Å². The normalized spacial score (nSPS) is 11.9. The first-order valence-corrected chi connectivity index (χ1v) is 8.56. The molecule has 2 aromatic rings. The van der Waals surface area contributed by atoms with Crippen LogP contribution < -0.4 is 5.32 Å². The van der Waals surface area contributed by atoms with Crippen LogP contribution in [0.3, 0.4) is 0 Å². The zero-order valence-corrected chi connectivity index (χ0v) is 14.2. The van der Waals surface area contributed by atoms with Crippen molar-refractivity contribution >= 4 is 21.5 Å². The van der Waals surface area contributed by atoms with Gasteiger partial charge in [0.05, 0.1) is 12.0 Å². The largest absolute Gasteiger partial charge is 0.465 e. The van der Waals surface area contributed by atoms with Crippen LogP contribution in [0.1, 0.15) is 5.56 Å². The van der Waals surface area contributed by atoms with E-state index in [1.807, 2.05) is 0 Å². The first-order valence-electron chi connectivity index (χ1n) is 7.07. The van der Waals surface area contributed by atoms with Gasteiger partial charge >= 0.3 is 5.97 Å². The minimum absolute atomic E-state index is 0.0689. The number of hydrogen-bond donors (Lipinski definition) is 1. The smallest absolute Gasteiger partial charge is 0.351 e. The highest BCUT2D eigenvalue weighted by Crippen LogP contribution is 2.22. The fourth-order valence-electron chi connectivity index (χ4n) is 1.93. The van der Waals surface area contributed by atoms with Crippen molar-refractivity contribution in [2.45, 2.75) is 11.8 Å². The summed E-state index contributed by atoms with van der Waals surface area (Å²) in [6.07, 6.45) is 0.883. The summed E-state index contributed by atoms with van der Waals surface area (Å²) in [5.41, 5.74) is 0.918. The predicted molar refractivity (Wildman–Crippen MR) is 88.4 cm³/mol. The van der Waals surface area contributed by atoms with E-state index in [4.69, 9.17) is 0 Å².